The molecule has 0 saturated carbocycles. The van der Waals surface area contributed by atoms with Crippen LogP contribution in [0.3, 0.4) is 0 Å². The molecule has 0 aliphatic rings. The number of hydrogen-bond donors (Lipinski definition) is 2. The lowest BCUT2D eigenvalue weighted by Crippen LogP contribution is -2.33. The molecular weight excluding hydrogens is 226 g/mol. The smallest absolute Gasteiger partial charge is 0.242 e. The summed E-state index contributed by atoms with van der Waals surface area (Å²) in [4.78, 5) is 4.12. The van der Waals surface area contributed by atoms with Crippen molar-refractivity contribution in [3.63, 3.8) is 0 Å². The summed E-state index contributed by atoms with van der Waals surface area (Å²) in [5.74, 6) is 0. The summed E-state index contributed by atoms with van der Waals surface area (Å²) < 4.78 is 26.5. The summed E-state index contributed by atoms with van der Waals surface area (Å²) in [6.07, 6.45) is 2.27. The van der Waals surface area contributed by atoms with E-state index < -0.39 is 10.0 Å². The molecule has 1 heterocycles. The Morgan fingerprint density at radius 1 is 1.56 bits per heavy atom. The highest BCUT2D eigenvalue weighted by Gasteiger charge is 2.19. The highest BCUT2D eigenvalue weighted by molar-refractivity contribution is 7.89. The van der Waals surface area contributed by atoms with E-state index in [4.69, 9.17) is 5.73 Å². The highest BCUT2D eigenvalue weighted by atomic mass is 32.2. The van der Waals surface area contributed by atoms with E-state index in [0.717, 1.165) is 6.42 Å². The molecule has 3 N–H and O–H groups in total. The molecule has 0 bridgehead atoms. The lowest BCUT2D eigenvalue weighted by atomic mass is 10.3. The number of sulfonamides is 1. The fraction of sp³-hybridized carbons (Fsp3) is 0.500. The average molecular weight is 243 g/mol. The minimum absolute atomic E-state index is 0.101. The van der Waals surface area contributed by atoms with Gasteiger partial charge in [0, 0.05) is 18.8 Å². The van der Waals surface area contributed by atoms with Crippen molar-refractivity contribution in [1.29, 1.82) is 0 Å². The van der Waals surface area contributed by atoms with Crippen LogP contribution in [0.15, 0.2) is 23.2 Å². The highest BCUT2D eigenvalue weighted by Crippen LogP contribution is 2.13. The van der Waals surface area contributed by atoms with Crippen LogP contribution >= 0.6 is 0 Å². The molecule has 1 atom stereocenters. The number of nitrogens with one attached hydrogen (secondary N) is 1. The number of hydrogen-bond acceptors (Lipinski definition) is 4. The van der Waals surface area contributed by atoms with E-state index in [9.17, 15) is 8.42 Å². The van der Waals surface area contributed by atoms with E-state index in [1.807, 2.05) is 13.8 Å². The Bertz CT molecular complexity index is 445. The molecule has 0 fully saturated rings. The molecule has 1 unspecified atom stereocenters. The summed E-state index contributed by atoms with van der Waals surface area (Å²) in [6.45, 7) is 3.84. The molecule has 0 aliphatic carbocycles. The summed E-state index contributed by atoms with van der Waals surface area (Å²) in [5, 5.41) is 0. The van der Waals surface area contributed by atoms with Gasteiger partial charge in [-0.25, -0.2) is 13.1 Å². The van der Waals surface area contributed by atoms with Gasteiger partial charge in [-0.3, -0.25) is 4.98 Å². The Balaban J connectivity index is 3.07. The zero-order valence-electron chi connectivity index (χ0n) is 9.47. The second-order valence-electron chi connectivity index (χ2n) is 3.58. The molecule has 0 spiro atoms. The van der Waals surface area contributed by atoms with E-state index >= 15 is 0 Å². The van der Waals surface area contributed by atoms with Crippen molar-refractivity contribution in [2.24, 2.45) is 5.73 Å². The van der Waals surface area contributed by atoms with Gasteiger partial charge in [-0.15, -0.1) is 0 Å². The maximum Gasteiger partial charge on any atom is 0.242 e. The van der Waals surface area contributed by atoms with E-state index in [1.54, 1.807) is 6.07 Å². The monoisotopic (exact) mass is 243 g/mol. The predicted octanol–water partition coefficient (Wildman–Crippen LogP) is 0.617. The maximum absolute atomic E-state index is 12.0. The first kappa shape index (κ1) is 13.1. The van der Waals surface area contributed by atoms with Crippen molar-refractivity contribution in [3.05, 3.63) is 24.0 Å². The van der Waals surface area contributed by atoms with Gasteiger partial charge in [0.05, 0.1) is 5.69 Å². The van der Waals surface area contributed by atoms with Crippen LogP contribution in [-0.4, -0.2) is 19.4 Å². The third-order valence-electron chi connectivity index (χ3n) is 2.30. The molecule has 0 amide bonds. The van der Waals surface area contributed by atoms with Gasteiger partial charge in [0.1, 0.15) is 4.90 Å². The van der Waals surface area contributed by atoms with E-state index in [2.05, 4.69) is 9.71 Å². The number of nitrogens with two attached hydrogens (primary N) is 1. The van der Waals surface area contributed by atoms with Gasteiger partial charge in [0.25, 0.3) is 0 Å². The third kappa shape index (κ3) is 3.01. The van der Waals surface area contributed by atoms with Crippen LogP contribution in [-0.2, 0) is 16.6 Å². The summed E-state index contributed by atoms with van der Waals surface area (Å²) >= 11 is 0. The lowest BCUT2D eigenvalue weighted by molar-refractivity contribution is 0.554. The Morgan fingerprint density at radius 2 is 2.25 bits per heavy atom. The Labute approximate surface area is 96.1 Å². The standard InChI is InChI=1S/C10H17N3O2S/c1-3-8(2)13-16(14,15)10-5-4-6-12-9(10)7-11/h4-6,8,13H,3,7,11H2,1-2H3. The van der Waals surface area contributed by atoms with Gasteiger partial charge in [0.15, 0.2) is 0 Å². The van der Waals surface area contributed by atoms with Crippen LogP contribution in [0.2, 0.25) is 0 Å². The molecule has 1 aromatic heterocycles. The topological polar surface area (TPSA) is 85.1 Å². The van der Waals surface area contributed by atoms with Crippen LogP contribution in [0.4, 0.5) is 0 Å². The van der Waals surface area contributed by atoms with Crippen molar-refractivity contribution in [1.82, 2.24) is 9.71 Å². The predicted molar refractivity (Wildman–Crippen MR) is 62.2 cm³/mol. The molecule has 6 heteroatoms. The molecule has 1 rings (SSSR count). The largest absolute Gasteiger partial charge is 0.325 e. The van der Waals surface area contributed by atoms with E-state index in [0.29, 0.717) is 5.69 Å². The van der Waals surface area contributed by atoms with Gasteiger partial charge >= 0.3 is 0 Å². The lowest BCUT2D eigenvalue weighted by Gasteiger charge is -2.13. The number of pyridine rings is 1. The van der Waals surface area contributed by atoms with Crippen LogP contribution in [0, 0.1) is 0 Å². The summed E-state index contributed by atoms with van der Waals surface area (Å²) in [6, 6.07) is 3.00. The number of rotatable bonds is 5. The molecule has 0 saturated heterocycles. The van der Waals surface area contributed by atoms with Crippen molar-refractivity contribution in [2.75, 3.05) is 0 Å². The number of aromatic nitrogens is 1. The Kier molecular flexibility index (Phi) is 4.40. The number of nitrogens with zero attached hydrogens (tertiary/aromatic N) is 1. The molecule has 0 aromatic carbocycles. The quantitative estimate of drug-likeness (QED) is 0.793. The first-order valence-electron chi connectivity index (χ1n) is 5.17. The van der Waals surface area contributed by atoms with Gasteiger partial charge in [-0.2, -0.15) is 0 Å². The SMILES string of the molecule is CCC(C)NS(=O)(=O)c1cccnc1CN. The van der Waals surface area contributed by atoms with Crippen LogP contribution in [0.5, 0.6) is 0 Å². The molecule has 1 aromatic rings. The van der Waals surface area contributed by atoms with Crippen LogP contribution in [0.1, 0.15) is 26.0 Å². The Morgan fingerprint density at radius 3 is 2.81 bits per heavy atom. The van der Waals surface area contributed by atoms with Gasteiger partial charge < -0.3 is 5.73 Å². The summed E-state index contributed by atoms with van der Waals surface area (Å²) in [7, 11) is -3.51. The molecular formula is C10H17N3O2S. The first-order chi connectivity index (χ1) is 7.51. The van der Waals surface area contributed by atoms with Crippen molar-refractivity contribution >= 4 is 10.0 Å². The van der Waals surface area contributed by atoms with Gasteiger partial charge in [0.2, 0.25) is 10.0 Å². The normalized spacial score (nSPS) is 13.7. The van der Waals surface area contributed by atoms with Crippen LogP contribution < -0.4 is 10.5 Å². The fourth-order valence-electron chi connectivity index (χ4n) is 1.23. The molecule has 0 aliphatic heterocycles. The van der Waals surface area contributed by atoms with E-state index in [1.165, 1.54) is 12.3 Å². The minimum atomic E-state index is -3.51. The van der Waals surface area contributed by atoms with Crippen molar-refractivity contribution in [2.45, 2.75) is 37.8 Å². The van der Waals surface area contributed by atoms with Crippen molar-refractivity contribution in [3.8, 4) is 0 Å². The van der Waals surface area contributed by atoms with Crippen LogP contribution in [0.25, 0.3) is 0 Å². The average Bonchev–Trinajstić information content (AvgIpc) is 2.28. The molecule has 90 valence electrons. The zero-order chi connectivity index (χ0) is 12.2. The van der Waals surface area contributed by atoms with Crippen molar-refractivity contribution < 1.29 is 8.42 Å². The second kappa shape index (κ2) is 5.38. The minimum Gasteiger partial charge on any atom is -0.325 e. The first-order valence-corrected chi connectivity index (χ1v) is 6.66. The summed E-state index contributed by atoms with van der Waals surface area (Å²) in [5.41, 5.74) is 5.84. The van der Waals surface area contributed by atoms with E-state index in [-0.39, 0.29) is 17.5 Å². The fourth-order valence-corrected chi connectivity index (χ4v) is 2.76. The third-order valence-corrected chi connectivity index (χ3v) is 3.96. The molecule has 0 radical (unpaired) electrons. The maximum atomic E-state index is 12.0. The molecule has 16 heavy (non-hydrogen) atoms. The Hall–Kier alpha value is -0.980. The van der Waals surface area contributed by atoms with Gasteiger partial charge in [-0.05, 0) is 25.5 Å². The van der Waals surface area contributed by atoms with Gasteiger partial charge in [-0.1, -0.05) is 6.92 Å². The zero-order valence-corrected chi connectivity index (χ0v) is 10.3. The second-order valence-corrected chi connectivity index (χ2v) is 5.27. The molecule has 5 nitrogen and oxygen atoms in total.